The molecule has 4 nitrogen and oxygen atoms in total. The monoisotopic (exact) mass is 165 g/mol. The van der Waals surface area contributed by atoms with Crippen LogP contribution in [0.15, 0.2) is 29.0 Å². The maximum Gasteiger partial charge on any atom is 0.260 e. The zero-order chi connectivity index (χ0) is 12.0. The second-order valence-corrected chi connectivity index (χ2v) is 2.17. The zero-order valence-corrected chi connectivity index (χ0v) is 5.93. The van der Waals surface area contributed by atoms with Crippen molar-refractivity contribution in [2.75, 3.05) is 5.73 Å². The van der Waals surface area contributed by atoms with Gasteiger partial charge in [-0.1, -0.05) is 12.1 Å². The van der Waals surface area contributed by atoms with Gasteiger partial charge in [0, 0.05) is 0 Å². The first-order valence-electron chi connectivity index (χ1n) is 5.19. The third-order valence-corrected chi connectivity index (χ3v) is 1.37. The van der Waals surface area contributed by atoms with E-state index in [0.717, 1.165) is 0 Å². The number of nitrogens with one attached hydrogen (secondary N) is 1. The highest BCUT2D eigenvalue weighted by atomic mass is 16.1. The number of aromatic amines is 1. The molecule has 0 saturated carbocycles. The van der Waals surface area contributed by atoms with Crippen molar-refractivity contribution in [2.24, 2.45) is 0 Å². The van der Waals surface area contributed by atoms with Crippen LogP contribution in [-0.4, -0.2) is 9.97 Å². The Balaban J connectivity index is 3.15. The van der Waals surface area contributed by atoms with Crippen LogP contribution in [0.3, 0.4) is 0 Å². The molecule has 0 atom stereocenters. The lowest BCUT2D eigenvalue weighted by atomic mass is 10.2. The number of aromatic nitrogens is 2. The van der Waals surface area contributed by atoms with Crippen LogP contribution in [0.25, 0.3) is 10.9 Å². The van der Waals surface area contributed by atoms with E-state index in [1.807, 2.05) is 0 Å². The molecule has 0 aliphatic carbocycles. The Morgan fingerprint density at radius 1 is 1.50 bits per heavy atom. The van der Waals surface area contributed by atoms with Crippen molar-refractivity contribution in [2.45, 2.75) is 0 Å². The van der Waals surface area contributed by atoms with Crippen LogP contribution in [-0.2, 0) is 0 Å². The van der Waals surface area contributed by atoms with Crippen LogP contribution in [0.4, 0.5) is 5.95 Å². The summed E-state index contributed by atoms with van der Waals surface area (Å²) in [4.78, 5) is 17.4. The van der Waals surface area contributed by atoms with E-state index >= 15 is 0 Å². The number of nitrogen functional groups attached to an aromatic ring is 1. The van der Waals surface area contributed by atoms with Crippen molar-refractivity contribution >= 4 is 16.9 Å². The summed E-state index contributed by atoms with van der Waals surface area (Å²) in [6.45, 7) is 0. The molecule has 1 aromatic carbocycles. The normalized spacial score (nSPS) is 15.0. The number of hydrogen-bond donors (Lipinski definition) is 2. The van der Waals surface area contributed by atoms with Crippen LogP contribution in [0, 0.1) is 0 Å². The van der Waals surface area contributed by atoms with Crippen molar-refractivity contribution in [1.29, 1.82) is 0 Å². The molecule has 1 heterocycles. The van der Waals surface area contributed by atoms with Crippen molar-refractivity contribution in [3.8, 4) is 0 Å². The lowest BCUT2D eigenvalue weighted by molar-refractivity contribution is 1.19. The molecule has 4 heteroatoms. The van der Waals surface area contributed by atoms with Gasteiger partial charge in [0.05, 0.1) is 16.4 Å². The smallest absolute Gasteiger partial charge is 0.260 e. The largest absolute Gasteiger partial charge is 0.369 e. The number of H-pyrrole nitrogens is 1. The second-order valence-electron chi connectivity index (χ2n) is 2.17. The van der Waals surface area contributed by atoms with Crippen LogP contribution >= 0.6 is 0 Å². The summed E-state index contributed by atoms with van der Waals surface area (Å²) < 4.78 is 29.9. The number of nitrogens with zero attached hydrogens (tertiary/aromatic N) is 1. The third-order valence-electron chi connectivity index (χ3n) is 1.37. The van der Waals surface area contributed by atoms with E-state index in [9.17, 15) is 4.79 Å². The first-order chi connectivity index (χ1) is 7.43. The minimum absolute atomic E-state index is 0.118. The molecular weight excluding hydrogens is 154 g/mol. The van der Waals surface area contributed by atoms with Crippen molar-refractivity contribution < 1.29 is 5.48 Å². The van der Waals surface area contributed by atoms with Gasteiger partial charge in [-0.3, -0.25) is 9.78 Å². The fraction of sp³-hybridized carbons (Fsp3) is 0. The first kappa shape index (κ1) is 3.71. The molecule has 1 aromatic heterocycles. The highest BCUT2D eigenvalue weighted by Gasteiger charge is 1.98. The molecule has 0 amide bonds. The summed E-state index contributed by atoms with van der Waals surface area (Å²) in [6, 6.07) is -1.68. The fourth-order valence-electron chi connectivity index (χ4n) is 0.881. The second kappa shape index (κ2) is 2.34. The van der Waals surface area contributed by atoms with Crippen LogP contribution in [0.2, 0.25) is 0 Å². The molecule has 0 spiro atoms. The highest BCUT2D eigenvalue weighted by molar-refractivity contribution is 5.77. The molecule has 0 aliphatic rings. The van der Waals surface area contributed by atoms with E-state index in [1.165, 1.54) is 0 Å². The van der Waals surface area contributed by atoms with Crippen LogP contribution in [0.1, 0.15) is 5.48 Å². The molecule has 0 aliphatic heterocycles. The molecule has 0 radical (unpaired) electrons. The van der Waals surface area contributed by atoms with E-state index in [1.54, 1.807) is 0 Å². The molecule has 0 fully saturated rings. The molecular formula is C8H7N3O. The van der Waals surface area contributed by atoms with E-state index in [4.69, 9.17) is 11.2 Å². The van der Waals surface area contributed by atoms with Gasteiger partial charge >= 0.3 is 0 Å². The quantitative estimate of drug-likeness (QED) is 0.597. The molecule has 2 rings (SSSR count). The molecule has 0 unspecified atom stereocenters. The minimum atomic E-state index is -0.672. The van der Waals surface area contributed by atoms with E-state index in [0.29, 0.717) is 0 Å². The Labute approximate surface area is 73.7 Å². The number of fused-ring (bicyclic) bond motifs is 1. The van der Waals surface area contributed by atoms with Crippen molar-refractivity contribution in [3.63, 3.8) is 0 Å². The molecule has 2 aromatic rings. The summed E-state index contributed by atoms with van der Waals surface area (Å²) in [5.41, 5.74) is 4.52. The van der Waals surface area contributed by atoms with Gasteiger partial charge in [0.25, 0.3) is 5.56 Å². The van der Waals surface area contributed by atoms with Gasteiger partial charge < -0.3 is 5.73 Å². The molecule has 0 bridgehead atoms. The number of rotatable bonds is 0. The Kier molecular flexibility index (Phi) is 0.722. The summed E-state index contributed by atoms with van der Waals surface area (Å²) in [7, 11) is 0. The average molecular weight is 165 g/mol. The van der Waals surface area contributed by atoms with Gasteiger partial charge in [0.1, 0.15) is 0 Å². The Morgan fingerprint density at radius 3 is 3.08 bits per heavy atom. The molecule has 3 N–H and O–H groups in total. The maximum atomic E-state index is 11.5. The first-order valence-corrected chi connectivity index (χ1v) is 3.19. The number of nitrogens with two attached hydrogens (primary N) is 1. The summed E-state index contributed by atoms with van der Waals surface area (Å²) >= 11 is 0. The summed E-state index contributed by atoms with van der Waals surface area (Å²) in [6.07, 6.45) is 0. The predicted octanol–water partition coefficient (Wildman–Crippen LogP) is 0.505. The fourth-order valence-corrected chi connectivity index (χ4v) is 0.881. The number of benzene rings is 1. The SMILES string of the molecule is [2H]c1c([2H])c([2H])c2c(=O)[nH]c(N)nc2c1[2H]. The Bertz CT molecular complexity index is 652. The van der Waals surface area contributed by atoms with Gasteiger partial charge in [-0.25, -0.2) is 4.98 Å². The summed E-state index contributed by atoms with van der Waals surface area (Å²) in [5.74, 6) is -0.178. The number of para-hydroxylation sites is 1. The maximum absolute atomic E-state index is 11.5. The Morgan fingerprint density at radius 2 is 2.25 bits per heavy atom. The third kappa shape index (κ3) is 0.934. The number of anilines is 1. The van der Waals surface area contributed by atoms with Gasteiger partial charge in [-0.15, -0.1) is 0 Å². The summed E-state index contributed by atoms with van der Waals surface area (Å²) in [5, 5.41) is -0.180. The number of hydrogen-bond acceptors (Lipinski definition) is 3. The Hall–Kier alpha value is -1.84. The lowest BCUT2D eigenvalue weighted by Crippen LogP contribution is -2.10. The highest BCUT2D eigenvalue weighted by Crippen LogP contribution is 2.05. The van der Waals surface area contributed by atoms with Gasteiger partial charge in [0.2, 0.25) is 5.95 Å². The van der Waals surface area contributed by atoms with Gasteiger partial charge in [-0.2, -0.15) is 0 Å². The van der Waals surface area contributed by atoms with Gasteiger partial charge in [0.15, 0.2) is 0 Å². The topological polar surface area (TPSA) is 71.8 Å². The van der Waals surface area contributed by atoms with Crippen molar-refractivity contribution in [3.05, 3.63) is 34.5 Å². The molecule has 12 heavy (non-hydrogen) atoms. The van der Waals surface area contributed by atoms with Gasteiger partial charge in [-0.05, 0) is 12.1 Å². The zero-order valence-electron chi connectivity index (χ0n) is 9.93. The average Bonchev–Trinajstić information content (AvgIpc) is 2.22. The standard InChI is InChI=1S/C8H7N3O/c9-8-10-6-4-2-1-3-5(6)7(12)11-8/h1-4H,(H3,9,10,11,12)/i1D,2D,3D,4D. The van der Waals surface area contributed by atoms with Crippen LogP contribution < -0.4 is 11.3 Å². The predicted molar refractivity (Wildman–Crippen MR) is 46.8 cm³/mol. The lowest BCUT2D eigenvalue weighted by Gasteiger charge is -1.95. The van der Waals surface area contributed by atoms with E-state index < -0.39 is 23.7 Å². The molecule has 60 valence electrons. The van der Waals surface area contributed by atoms with Crippen molar-refractivity contribution in [1.82, 2.24) is 9.97 Å². The molecule has 0 saturated heterocycles. The van der Waals surface area contributed by atoms with Crippen LogP contribution in [0.5, 0.6) is 0 Å². The van der Waals surface area contributed by atoms with E-state index in [2.05, 4.69) is 9.97 Å². The van der Waals surface area contributed by atoms with E-state index in [-0.39, 0.29) is 22.9 Å². The minimum Gasteiger partial charge on any atom is -0.369 e.